The maximum Gasteiger partial charge on any atom is 0.123 e. The molecule has 0 atom stereocenters. The van der Waals surface area contributed by atoms with Crippen LogP contribution in [-0.4, -0.2) is 4.98 Å². The van der Waals surface area contributed by atoms with E-state index in [9.17, 15) is 4.39 Å². The molecule has 0 saturated carbocycles. The third-order valence-electron chi connectivity index (χ3n) is 2.77. The van der Waals surface area contributed by atoms with Crippen LogP contribution in [0.15, 0.2) is 60.8 Å². The van der Waals surface area contributed by atoms with Gasteiger partial charge in [0, 0.05) is 17.1 Å². The molecule has 1 heterocycles. The predicted molar refractivity (Wildman–Crippen MR) is 67.1 cm³/mol. The van der Waals surface area contributed by atoms with Gasteiger partial charge >= 0.3 is 0 Å². The molecular formula is C15H10FN. The predicted octanol–water partition coefficient (Wildman–Crippen LogP) is 4.04. The van der Waals surface area contributed by atoms with Gasteiger partial charge in [-0.1, -0.05) is 36.4 Å². The molecule has 2 heteroatoms. The van der Waals surface area contributed by atoms with Crippen molar-refractivity contribution in [2.24, 2.45) is 0 Å². The lowest BCUT2D eigenvalue weighted by Crippen LogP contribution is -1.85. The van der Waals surface area contributed by atoms with E-state index in [0.717, 1.165) is 22.0 Å². The van der Waals surface area contributed by atoms with E-state index in [0.29, 0.717) is 0 Å². The zero-order valence-electron chi connectivity index (χ0n) is 9.10. The average Bonchev–Trinajstić information content (AvgIpc) is 2.38. The molecule has 0 aliphatic carbocycles. The molecule has 0 aliphatic heterocycles. The van der Waals surface area contributed by atoms with E-state index in [1.165, 1.54) is 12.1 Å². The zero-order valence-corrected chi connectivity index (χ0v) is 9.10. The average molecular weight is 223 g/mol. The smallest absolute Gasteiger partial charge is 0.123 e. The highest BCUT2D eigenvalue weighted by Gasteiger charge is 2.04. The third kappa shape index (κ3) is 1.78. The second-order valence-electron chi connectivity index (χ2n) is 3.89. The molecule has 1 aromatic heterocycles. The first-order valence-corrected chi connectivity index (χ1v) is 5.44. The molecule has 0 N–H and O–H groups in total. The Morgan fingerprint density at radius 3 is 2.59 bits per heavy atom. The maximum absolute atomic E-state index is 13.2. The van der Waals surface area contributed by atoms with E-state index in [4.69, 9.17) is 0 Å². The molecule has 0 saturated heterocycles. The van der Waals surface area contributed by atoms with Crippen LogP contribution in [-0.2, 0) is 0 Å². The summed E-state index contributed by atoms with van der Waals surface area (Å²) < 4.78 is 13.2. The van der Waals surface area contributed by atoms with Gasteiger partial charge in [0.25, 0.3) is 0 Å². The van der Waals surface area contributed by atoms with Gasteiger partial charge in [-0.25, -0.2) is 4.39 Å². The van der Waals surface area contributed by atoms with Gasteiger partial charge in [-0.2, -0.15) is 0 Å². The van der Waals surface area contributed by atoms with Gasteiger partial charge in [0.15, 0.2) is 0 Å². The second kappa shape index (κ2) is 3.98. The zero-order chi connectivity index (χ0) is 11.7. The van der Waals surface area contributed by atoms with E-state index < -0.39 is 0 Å². The number of hydrogen-bond donors (Lipinski definition) is 0. The molecule has 0 aliphatic rings. The summed E-state index contributed by atoms with van der Waals surface area (Å²) in [6.07, 6.45) is 1.76. The summed E-state index contributed by atoms with van der Waals surface area (Å²) in [5.41, 5.74) is 2.72. The summed E-state index contributed by atoms with van der Waals surface area (Å²) in [6, 6.07) is 16.4. The lowest BCUT2D eigenvalue weighted by molar-refractivity contribution is 0.628. The molecule has 3 rings (SSSR count). The fraction of sp³-hybridized carbons (Fsp3) is 0. The molecule has 0 amide bonds. The van der Waals surface area contributed by atoms with Gasteiger partial charge in [0.1, 0.15) is 5.82 Å². The maximum atomic E-state index is 13.2. The van der Waals surface area contributed by atoms with Gasteiger partial charge in [0.05, 0.1) is 5.52 Å². The van der Waals surface area contributed by atoms with Crippen LogP contribution >= 0.6 is 0 Å². The van der Waals surface area contributed by atoms with Crippen LogP contribution < -0.4 is 0 Å². The van der Waals surface area contributed by atoms with Crippen molar-refractivity contribution in [1.82, 2.24) is 4.98 Å². The first-order chi connectivity index (χ1) is 8.34. The highest BCUT2D eigenvalue weighted by molar-refractivity contribution is 5.93. The van der Waals surface area contributed by atoms with Crippen molar-refractivity contribution in [1.29, 1.82) is 0 Å². The van der Waals surface area contributed by atoms with Crippen LogP contribution in [0.25, 0.3) is 22.0 Å². The van der Waals surface area contributed by atoms with Crippen LogP contribution in [0.3, 0.4) is 0 Å². The molecule has 0 spiro atoms. The van der Waals surface area contributed by atoms with Crippen molar-refractivity contribution in [2.75, 3.05) is 0 Å². The number of rotatable bonds is 1. The highest BCUT2D eigenvalue weighted by Crippen LogP contribution is 2.27. The highest BCUT2D eigenvalue weighted by atomic mass is 19.1. The minimum absolute atomic E-state index is 0.226. The molecule has 2 aromatic carbocycles. The Morgan fingerprint density at radius 2 is 1.71 bits per heavy atom. The number of aromatic nitrogens is 1. The van der Waals surface area contributed by atoms with Crippen LogP contribution in [0.4, 0.5) is 4.39 Å². The van der Waals surface area contributed by atoms with Crippen LogP contribution in [0.5, 0.6) is 0 Å². The van der Waals surface area contributed by atoms with Gasteiger partial charge in [-0.15, -0.1) is 0 Å². The lowest BCUT2D eigenvalue weighted by atomic mass is 10.0. The number of halogens is 1. The molecule has 1 nitrogen and oxygen atoms in total. The molecule has 82 valence electrons. The Balaban J connectivity index is 2.30. The Labute approximate surface area is 98.6 Å². The molecular weight excluding hydrogens is 213 g/mol. The van der Waals surface area contributed by atoms with E-state index in [1.807, 2.05) is 36.4 Å². The third-order valence-corrected chi connectivity index (χ3v) is 2.77. The number of hydrogen-bond acceptors (Lipinski definition) is 1. The van der Waals surface area contributed by atoms with E-state index in [2.05, 4.69) is 4.98 Å². The van der Waals surface area contributed by atoms with Crippen LogP contribution in [0, 0.1) is 5.82 Å². The topological polar surface area (TPSA) is 12.9 Å². The standard InChI is InChI=1S/C15H10FN/c16-13-7-1-5-12(10-13)14-8-2-4-11-6-3-9-17-15(11)14/h1-10H. The summed E-state index contributed by atoms with van der Waals surface area (Å²) in [5.74, 6) is -0.226. The monoisotopic (exact) mass is 223 g/mol. The lowest BCUT2D eigenvalue weighted by Gasteiger charge is -2.05. The molecule has 0 unspecified atom stereocenters. The SMILES string of the molecule is Fc1cccc(-c2cccc3cccnc23)c1. The fourth-order valence-corrected chi connectivity index (χ4v) is 1.99. The molecule has 17 heavy (non-hydrogen) atoms. The van der Waals surface area contributed by atoms with E-state index >= 15 is 0 Å². The fourth-order valence-electron chi connectivity index (χ4n) is 1.99. The van der Waals surface area contributed by atoms with Crippen molar-refractivity contribution in [3.05, 3.63) is 66.6 Å². The van der Waals surface area contributed by atoms with E-state index in [1.54, 1.807) is 12.3 Å². The molecule has 3 aromatic rings. The van der Waals surface area contributed by atoms with Gasteiger partial charge in [0.2, 0.25) is 0 Å². The number of benzene rings is 2. The number of nitrogens with zero attached hydrogens (tertiary/aromatic N) is 1. The molecule has 0 fully saturated rings. The Kier molecular flexibility index (Phi) is 2.33. The van der Waals surface area contributed by atoms with Crippen LogP contribution in [0.1, 0.15) is 0 Å². The van der Waals surface area contributed by atoms with E-state index in [-0.39, 0.29) is 5.82 Å². The number of para-hydroxylation sites is 1. The summed E-state index contributed by atoms with van der Waals surface area (Å²) in [5, 5.41) is 1.06. The van der Waals surface area contributed by atoms with Crippen molar-refractivity contribution < 1.29 is 4.39 Å². The minimum Gasteiger partial charge on any atom is -0.256 e. The quantitative estimate of drug-likeness (QED) is 0.606. The van der Waals surface area contributed by atoms with Gasteiger partial charge in [-0.3, -0.25) is 4.98 Å². The summed E-state index contributed by atoms with van der Waals surface area (Å²) in [6.45, 7) is 0. The van der Waals surface area contributed by atoms with Crippen molar-refractivity contribution in [2.45, 2.75) is 0 Å². The van der Waals surface area contributed by atoms with Gasteiger partial charge < -0.3 is 0 Å². The Hall–Kier alpha value is -2.22. The normalized spacial score (nSPS) is 10.6. The first-order valence-electron chi connectivity index (χ1n) is 5.44. The number of pyridine rings is 1. The summed E-state index contributed by atoms with van der Waals surface area (Å²) in [4.78, 5) is 4.36. The second-order valence-corrected chi connectivity index (χ2v) is 3.89. The first kappa shape index (κ1) is 9.97. The molecule has 0 radical (unpaired) electrons. The van der Waals surface area contributed by atoms with Crippen LogP contribution in [0.2, 0.25) is 0 Å². The Bertz CT molecular complexity index is 671. The van der Waals surface area contributed by atoms with Crippen molar-refractivity contribution >= 4 is 10.9 Å². The summed E-state index contributed by atoms with van der Waals surface area (Å²) >= 11 is 0. The Morgan fingerprint density at radius 1 is 0.882 bits per heavy atom. The largest absolute Gasteiger partial charge is 0.256 e. The van der Waals surface area contributed by atoms with Crippen molar-refractivity contribution in [3.8, 4) is 11.1 Å². The number of fused-ring (bicyclic) bond motifs is 1. The summed E-state index contributed by atoms with van der Waals surface area (Å²) in [7, 11) is 0. The van der Waals surface area contributed by atoms with Crippen molar-refractivity contribution in [3.63, 3.8) is 0 Å². The van der Waals surface area contributed by atoms with Gasteiger partial charge in [-0.05, 0) is 23.8 Å². The minimum atomic E-state index is -0.226. The molecule has 0 bridgehead atoms.